The highest BCUT2D eigenvalue weighted by atomic mass is 16.6. The third kappa shape index (κ3) is 3.88. The Bertz CT molecular complexity index is 944. The van der Waals surface area contributed by atoms with Gasteiger partial charge in [0.25, 0.3) is 5.91 Å². The molecule has 2 amide bonds. The van der Waals surface area contributed by atoms with Crippen molar-refractivity contribution in [1.82, 2.24) is 30.2 Å². The van der Waals surface area contributed by atoms with Crippen molar-refractivity contribution in [3.05, 3.63) is 35.9 Å². The summed E-state index contributed by atoms with van der Waals surface area (Å²) in [4.78, 5) is 33.6. The molecule has 0 aromatic carbocycles. The molecule has 2 aliphatic heterocycles. The number of alkyl carbamates (subject to hydrolysis) is 1. The van der Waals surface area contributed by atoms with Gasteiger partial charge in [-0.25, -0.2) is 9.78 Å². The second-order valence-electron chi connectivity index (χ2n) is 9.24. The van der Waals surface area contributed by atoms with E-state index < -0.39 is 17.2 Å². The number of carbonyl (C=O) groups is 2. The molecule has 3 aliphatic rings. The highest BCUT2D eigenvalue weighted by Gasteiger charge is 2.54. The van der Waals surface area contributed by atoms with Gasteiger partial charge in [0.1, 0.15) is 11.3 Å². The van der Waals surface area contributed by atoms with Crippen LogP contribution in [0, 0.1) is 12.8 Å². The van der Waals surface area contributed by atoms with E-state index in [9.17, 15) is 9.59 Å². The molecule has 0 unspecified atom stereocenters. The first-order valence-corrected chi connectivity index (χ1v) is 10.3. The van der Waals surface area contributed by atoms with Crippen molar-refractivity contribution in [2.45, 2.75) is 58.1 Å². The second-order valence-corrected chi connectivity index (χ2v) is 9.24. The third-order valence-electron chi connectivity index (χ3n) is 5.73. The van der Waals surface area contributed by atoms with Gasteiger partial charge in [0.15, 0.2) is 5.69 Å². The van der Waals surface area contributed by atoms with Crippen LogP contribution in [0.5, 0.6) is 0 Å². The Kier molecular flexibility index (Phi) is 4.99. The van der Waals surface area contributed by atoms with Crippen LogP contribution in [0.25, 0.3) is 5.69 Å². The molecule has 0 spiro atoms. The van der Waals surface area contributed by atoms with Crippen molar-refractivity contribution in [2.24, 2.45) is 5.92 Å². The number of aryl methyl sites for hydroxylation is 1. The fraction of sp³-hybridized carbons (Fsp3) is 0.571. The van der Waals surface area contributed by atoms with Crippen LogP contribution in [0.2, 0.25) is 0 Å². The molecule has 2 aromatic rings. The Morgan fingerprint density at radius 3 is 2.60 bits per heavy atom. The molecule has 9 nitrogen and oxygen atoms in total. The SMILES string of the molecule is Cc1ccc(-n2nccn2)c(C(=O)N2CCC3CC2(CNC(=O)OC(C)(C)C)C3)n1. The molecule has 1 saturated carbocycles. The predicted molar refractivity (Wildman–Crippen MR) is 109 cm³/mol. The van der Waals surface area contributed by atoms with Gasteiger partial charge in [-0.05, 0) is 65.0 Å². The van der Waals surface area contributed by atoms with Crippen LogP contribution < -0.4 is 5.32 Å². The van der Waals surface area contributed by atoms with Crippen LogP contribution >= 0.6 is 0 Å². The minimum Gasteiger partial charge on any atom is -0.444 e. The quantitative estimate of drug-likeness (QED) is 0.828. The van der Waals surface area contributed by atoms with Crippen LogP contribution in [-0.4, -0.2) is 61.1 Å². The number of aromatic nitrogens is 4. The minimum atomic E-state index is -0.566. The first kappa shape index (κ1) is 20.3. The molecular weight excluding hydrogens is 384 g/mol. The number of piperidine rings is 2. The van der Waals surface area contributed by atoms with Crippen molar-refractivity contribution in [2.75, 3.05) is 13.1 Å². The fourth-order valence-corrected chi connectivity index (χ4v) is 4.43. The minimum absolute atomic E-state index is 0.157. The van der Waals surface area contributed by atoms with Gasteiger partial charge in [0.05, 0.1) is 17.9 Å². The number of carbonyl (C=O) groups excluding carboxylic acids is 2. The predicted octanol–water partition coefficient (Wildman–Crippen LogP) is 2.49. The van der Waals surface area contributed by atoms with Crippen LogP contribution in [0.4, 0.5) is 4.79 Å². The van der Waals surface area contributed by atoms with E-state index >= 15 is 0 Å². The van der Waals surface area contributed by atoms with Crippen molar-refractivity contribution in [3.63, 3.8) is 0 Å². The van der Waals surface area contributed by atoms with Crippen LogP contribution in [0.15, 0.2) is 24.5 Å². The van der Waals surface area contributed by atoms with Gasteiger partial charge in [-0.15, -0.1) is 4.80 Å². The van der Waals surface area contributed by atoms with Gasteiger partial charge in [-0.3, -0.25) is 4.79 Å². The summed E-state index contributed by atoms with van der Waals surface area (Å²) in [6, 6.07) is 3.65. The summed E-state index contributed by atoms with van der Waals surface area (Å²) in [5, 5.41) is 11.2. The smallest absolute Gasteiger partial charge is 0.407 e. The molecule has 0 atom stereocenters. The summed E-state index contributed by atoms with van der Waals surface area (Å²) in [6.45, 7) is 8.34. The summed E-state index contributed by atoms with van der Waals surface area (Å²) in [5.41, 5.74) is 0.652. The highest BCUT2D eigenvalue weighted by molar-refractivity contribution is 5.96. The number of fused-ring (bicyclic) bond motifs is 2. The Labute approximate surface area is 175 Å². The summed E-state index contributed by atoms with van der Waals surface area (Å²) >= 11 is 0. The number of amides is 2. The Morgan fingerprint density at radius 2 is 1.93 bits per heavy atom. The van der Waals surface area contributed by atoms with Crippen molar-refractivity contribution >= 4 is 12.0 Å². The Morgan fingerprint density at radius 1 is 1.23 bits per heavy atom. The van der Waals surface area contributed by atoms with E-state index in [0.29, 0.717) is 30.4 Å². The van der Waals surface area contributed by atoms with Crippen LogP contribution in [0.1, 0.15) is 56.2 Å². The van der Waals surface area contributed by atoms with E-state index in [-0.39, 0.29) is 5.91 Å². The average Bonchev–Trinajstić information content (AvgIpc) is 3.18. The lowest BCUT2D eigenvalue weighted by Gasteiger charge is -2.59. The monoisotopic (exact) mass is 412 g/mol. The number of nitrogens with one attached hydrogen (secondary N) is 1. The normalized spacial score (nSPS) is 22.9. The molecule has 2 bridgehead atoms. The Hall–Kier alpha value is -2.97. The van der Waals surface area contributed by atoms with Gasteiger partial charge in [-0.2, -0.15) is 10.2 Å². The number of hydrogen-bond acceptors (Lipinski definition) is 6. The maximum Gasteiger partial charge on any atom is 0.407 e. The largest absolute Gasteiger partial charge is 0.444 e. The molecule has 9 heteroatoms. The first-order chi connectivity index (χ1) is 14.2. The zero-order valence-corrected chi connectivity index (χ0v) is 17.9. The molecule has 2 aromatic heterocycles. The maximum atomic E-state index is 13.6. The van der Waals surface area contributed by atoms with Gasteiger partial charge in [-0.1, -0.05) is 0 Å². The van der Waals surface area contributed by atoms with Gasteiger partial charge in [0.2, 0.25) is 0 Å². The lowest BCUT2D eigenvalue weighted by Crippen LogP contribution is -2.68. The lowest BCUT2D eigenvalue weighted by atomic mass is 9.62. The van der Waals surface area contributed by atoms with Gasteiger partial charge >= 0.3 is 6.09 Å². The topological polar surface area (TPSA) is 102 Å². The van der Waals surface area contributed by atoms with Crippen molar-refractivity contribution in [3.8, 4) is 5.69 Å². The number of rotatable bonds is 4. The van der Waals surface area contributed by atoms with Crippen LogP contribution in [0.3, 0.4) is 0 Å². The van der Waals surface area contributed by atoms with Crippen LogP contribution in [-0.2, 0) is 4.74 Å². The summed E-state index contributed by atoms with van der Waals surface area (Å²) in [6.07, 6.45) is 5.37. The Balaban J connectivity index is 1.58. The first-order valence-electron chi connectivity index (χ1n) is 10.3. The van der Waals surface area contributed by atoms with E-state index in [1.807, 2.05) is 44.7 Å². The summed E-state index contributed by atoms with van der Waals surface area (Å²) in [7, 11) is 0. The molecule has 160 valence electrons. The summed E-state index contributed by atoms with van der Waals surface area (Å²) in [5.74, 6) is 0.433. The van der Waals surface area contributed by atoms with E-state index in [4.69, 9.17) is 4.74 Å². The molecular formula is C21H28N6O3. The number of hydrogen-bond donors (Lipinski definition) is 1. The standard InChI is InChI=1S/C21H28N6O3/c1-14-5-6-16(27-23-8-9-24-27)17(25-14)18(28)26-10-7-15-11-21(26,12-15)13-22-19(29)30-20(2,3)4/h5-6,8-9,15H,7,10-13H2,1-4H3,(H,22,29). The van der Waals surface area contributed by atoms with Crippen molar-refractivity contribution < 1.29 is 14.3 Å². The zero-order chi connectivity index (χ0) is 21.5. The van der Waals surface area contributed by atoms with Crippen molar-refractivity contribution in [1.29, 1.82) is 0 Å². The van der Waals surface area contributed by atoms with E-state index in [0.717, 1.165) is 25.0 Å². The fourth-order valence-electron chi connectivity index (χ4n) is 4.43. The average molecular weight is 412 g/mol. The third-order valence-corrected chi connectivity index (χ3v) is 5.73. The highest BCUT2D eigenvalue weighted by Crippen LogP contribution is 2.49. The number of ether oxygens (including phenoxy) is 1. The van der Waals surface area contributed by atoms with Gasteiger partial charge < -0.3 is 15.0 Å². The summed E-state index contributed by atoms with van der Waals surface area (Å²) < 4.78 is 5.37. The molecule has 1 N–H and O–H groups in total. The number of nitrogens with zero attached hydrogens (tertiary/aromatic N) is 5. The second kappa shape index (κ2) is 7.37. The molecule has 30 heavy (non-hydrogen) atoms. The molecule has 1 aliphatic carbocycles. The van der Waals surface area contributed by atoms with E-state index in [1.165, 1.54) is 4.80 Å². The molecule has 0 radical (unpaired) electrons. The molecule has 2 saturated heterocycles. The number of pyridine rings is 1. The van der Waals surface area contributed by atoms with Gasteiger partial charge in [0, 0.05) is 18.8 Å². The lowest BCUT2D eigenvalue weighted by molar-refractivity contribution is -0.0569. The van der Waals surface area contributed by atoms with E-state index in [1.54, 1.807) is 12.4 Å². The molecule has 3 fully saturated rings. The molecule has 4 heterocycles. The van der Waals surface area contributed by atoms with E-state index in [2.05, 4.69) is 20.5 Å². The maximum absolute atomic E-state index is 13.6. The zero-order valence-electron chi connectivity index (χ0n) is 17.9. The molecule has 5 rings (SSSR count).